The first-order valence-electron chi connectivity index (χ1n) is 6.02. The van der Waals surface area contributed by atoms with Crippen molar-refractivity contribution in [1.82, 2.24) is 4.57 Å². The molecule has 0 bridgehead atoms. The first-order valence-corrected chi connectivity index (χ1v) is 6.02. The van der Waals surface area contributed by atoms with Crippen LogP contribution in [0, 0.1) is 18.3 Å². The molecule has 0 saturated heterocycles. The van der Waals surface area contributed by atoms with E-state index in [4.69, 9.17) is 11.0 Å². The number of nitrogens with zero attached hydrogens (tertiary/aromatic N) is 2. The molecule has 0 radical (unpaired) electrons. The third kappa shape index (κ3) is 2.29. The molecule has 2 atom stereocenters. The molecule has 3 nitrogen and oxygen atoms in total. The van der Waals surface area contributed by atoms with Gasteiger partial charge in [0.15, 0.2) is 0 Å². The SMILES string of the molecule is Cc1ccc(C(C(C)N)n2cccc2C#N)cc1. The van der Waals surface area contributed by atoms with Crippen LogP contribution >= 0.6 is 0 Å². The van der Waals surface area contributed by atoms with Crippen LogP contribution in [0.2, 0.25) is 0 Å². The van der Waals surface area contributed by atoms with E-state index in [1.54, 1.807) is 0 Å². The van der Waals surface area contributed by atoms with Gasteiger partial charge >= 0.3 is 0 Å². The molecular formula is C15H17N3. The van der Waals surface area contributed by atoms with Gasteiger partial charge in [-0.25, -0.2) is 0 Å². The Morgan fingerprint density at radius 3 is 2.44 bits per heavy atom. The van der Waals surface area contributed by atoms with Crippen molar-refractivity contribution in [3.8, 4) is 6.07 Å². The Hall–Kier alpha value is -2.05. The number of hydrogen-bond donors (Lipinski definition) is 1. The highest BCUT2D eigenvalue weighted by molar-refractivity contribution is 5.30. The highest BCUT2D eigenvalue weighted by atomic mass is 15.0. The average Bonchev–Trinajstić information content (AvgIpc) is 2.79. The Balaban J connectivity index is 2.47. The minimum atomic E-state index is -0.0628. The van der Waals surface area contributed by atoms with Crippen LogP contribution in [-0.2, 0) is 0 Å². The van der Waals surface area contributed by atoms with E-state index in [2.05, 4.69) is 37.3 Å². The highest BCUT2D eigenvalue weighted by Gasteiger charge is 2.19. The number of benzene rings is 1. The van der Waals surface area contributed by atoms with E-state index in [1.807, 2.05) is 29.8 Å². The molecule has 0 amide bonds. The van der Waals surface area contributed by atoms with Crippen molar-refractivity contribution >= 4 is 0 Å². The Labute approximate surface area is 107 Å². The summed E-state index contributed by atoms with van der Waals surface area (Å²) in [5, 5.41) is 9.12. The molecule has 0 fully saturated rings. The van der Waals surface area contributed by atoms with Crippen molar-refractivity contribution < 1.29 is 0 Å². The lowest BCUT2D eigenvalue weighted by atomic mass is 9.99. The molecule has 1 aromatic carbocycles. The third-order valence-electron chi connectivity index (χ3n) is 3.11. The van der Waals surface area contributed by atoms with Gasteiger partial charge in [-0.2, -0.15) is 5.26 Å². The monoisotopic (exact) mass is 239 g/mol. The summed E-state index contributed by atoms with van der Waals surface area (Å²) in [6.45, 7) is 4.02. The Kier molecular flexibility index (Phi) is 3.50. The van der Waals surface area contributed by atoms with Crippen LogP contribution in [0.15, 0.2) is 42.6 Å². The Morgan fingerprint density at radius 2 is 1.89 bits per heavy atom. The fourth-order valence-corrected chi connectivity index (χ4v) is 2.21. The van der Waals surface area contributed by atoms with Crippen LogP contribution in [0.3, 0.4) is 0 Å². The Morgan fingerprint density at radius 1 is 1.22 bits per heavy atom. The molecule has 0 aliphatic carbocycles. The van der Waals surface area contributed by atoms with Gasteiger partial charge in [0, 0.05) is 12.2 Å². The van der Waals surface area contributed by atoms with E-state index >= 15 is 0 Å². The van der Waals surface area contributed by atoms with Gasteiger partial charge in [-0.3, -0.25) is 0 Å². The zero-order valence-corrected chi connectivity index (χ0v) is 10.7. The number of hydrogen-bond acceptors (Lipinski definition) is 2. The fourth-order valence-electron chi connectivity index (χ4n) is 2.21. The van der Waals surface area contributed by atoms with E-state index in [1.165, 1.54) is 5.56 Å². The maximum Gasteiger partial charge on any atom is 0.120 e. The number of rotatable bonds is 3. The first kappa shape index (κ1) is 12.4. The van der Waals surface area contributed by atoms with Crippen molar-refractivity contribution in [2.45, 2.75) is 25.9 Å². The largest absolute Gasteiger partial charge is 0.330 e. The molecule has 0 aliphatic heterocycles. The molecular weight excluding hydrogens is 222 g/mol. The van der Waals surface area contributed by atoms with Crippen LogP contribution in [0.25, 0.3) is 0 Å². The summed E-state index contributed by atoms with van der Waals surface area (Å²) < 4.78 is 1.94. The third-order valence-corrected chi connectivity index (χ3v) is 3.11. The van der Waals surface area contributed by atoms with Crippen molar-refractivity contribution in [2.24, 2.45) is 5.73 Å². The van der Waals surface area contributed by atoms with Crippen LogP contribution in [0.5, 0.6) is 0 Å². The normalized spacial score (nSPS) is 13.9. The summed E-state index contributed by atoms with van der Waals surface area (Å²) in [5.41, 5.74) is 9.07. The van der Waals surface area contributed by atoms with Crippen molar-refractivity contribution in [2.75, 3.05) is 0 Å². The van der Waals surface area contributed by atoms with Gasteiger partial charge in [-0.1, -0.05) is 29.8 Å². The van der Waals surface area contributed by atoms with Crippen molar-refractivity contribution in [1.29, 1.82) is 5.26 Å². The van der Waals surface area contributed by atoms with Crippen molar-refractivity contribution in [3.05, 3.63) is 59.4 Å². The number of nitrogens with two attached hydrogens (primary N) is 1. The second-order valence-corrected chi connectivity index (χ2v) is 4.63. The van der Waals surface area contributed by atoms with Gasteiger partial charge in [0.25, 0.3) is 0 Å². The molecule has 2 rings (SSSR count). The van der Waals surface area contributed by atoms with E-state index < -0.39 is 0 Å². The molecule has 18 heavy (non-hydrogen) atoms. The van der Waals surface area contributed by atoms with Gasteiger partial charge in [0.2, 0.25) is 0 Å². The predicted molar refractivity (Wildman–Crippen MR) is 72.1 cm³/mol. The standard InChI is InChI=1S/C15H17N3/c1-11-5-7-13(8-6-11)15(12(2)17)18-9-3-4-14(18)10-16/h3-9,12,15H,17H2,1-2H3. The van der Waals surface area contributed by atoms with Gasteiger partial charge in [-0.15, -0.1) is 0 Å². The van der Waals surface area contributed by atoms with Crippen LogP contribution in [0.4, 0.5) is 0 Å². The average molecular weight is 239 g/mol. The maximum absolute atomic E-state index is 9.12. The smallest absolute Gasteiger partial charge is 0.120 e. The topological polar surface area (TPSA) is 54.7 Å². The Bertz CT molecular complexity index is 558. The summed E-state index contributed by atoms with van der Waals surface area (Å²) in [6.07, 6.45) is 1.91. The minimum absolute atomic E-state index is 0.00440. The summed E-state index contributed by atoms with van der Waals surface area (Å²) >= 11 is 0. The molecule has 1 aromatic heterocycles. The lowest BCUT2D eigenvalue weighted by Crippen LogP contribution is -2.30. The van der Waals surface area contributed by atoms with Crippen LogP contribution < -0.4 is 5.73 Å². The summed E-state index contributed by atoms with van der Waals surface area (Å²) in [7, 11) is 0. The molecule has 0 saturated carbocycles. The van der Waals surface area contributed by atoms with Gasteiger partial charge in [-0.05, 0) is 31.5 Å². The molecule has 0 aliphatic rings. The maximum atomic E-state index is 9.12. The second-order valence-electron chi connectivity index (χ2n) is 4.63. The summed E-state index contributed by atoms with van der Waals surface area (Å²) in [4.78, 5) is 0. The predicted octanol–water partition coefficient (Wildman–Crippen LogP) is 2.60. The number of aryl methyl sites for hydroxylation is 1. The van der Waals surface area contributed by atoms with Gasteiger partial charge < -0.3 is 10.3 Å². The van der Waals surface area contributed by atoms with E-state index in [-0.39, 0.29) is 12.1 Å². The lowest BCUT2D eigenvalue weighted by Gasteiger charge is -2.24. The quantitative estimate of drug-likeness (QED) is 0.895. The number of aromatic nitrogens is 1. The van der Waals surface area contributed by atoms with E-state index in [9.17, 15) is 0 Å². The second kappa shape index (κ2) is 5.07. The lowest BCUT2D eigenvalue weighted by molar-refractivity contribution is 0.494. The van der Waals surface area contributed by atoms with Crippen molar-refractivity contribution in [3.63, 3.8) is 0 Å². The van der Waals surface area contributed by atoms with Crippen LogP contribution in [-0.4, -0.2) is 10.6 Å². The molecule has 2 aromatic rings. The molecule has 1 heterocycles. The molecule has 92 valence electrons. The molecule has 0 spiro atoms. The van der Waals surface area contributed by atoms with Crippen LogP contribution in [0.1, 0.15) is 29.8 Å². The highest BCUT2D eigenvalue weighted by Crippen LogP contribution is 2.23. The molecule has 2 N–H and O–H groups in total. The fraction of sp³-hybridized carbons (Fsp3) is 0.267. The zero-order valence-electron chi connectivity index (χ0n) is 10.7. The summed E-state index contributed by atoms with van der Waals surface area (Å²) in [6, 6.07) is 14.1. The minimum Gasteiger partial charge on any atom is -0.330 e. The first-order chi connectivity index (χ1) is 8.63. The molecule has 2 unspecified atom stereocenters. The van der Waals surface area contributed by atoms with E-state index in [0.717, 1.165) is 5.56 Å². The zero-order chi connectivity index (χ0) is 13.1. The van der Waals surface area contributed by atoms with Gasteiger partial charge in [0.05, 0.1) is 6.04 Å². The number of nitriles is 1. The summed E-state index contributed by atoms with van der Waals surface area (Å²) in [5.74, 6) is 0. The van der Waals surface area contributed by atoms with E-state index in [0.29, 0.717) is 5.69 Å². The van der Waals surface area contributed by atoms with Gasteiger partial charge in [0.1, 0.15) is 11.8 Å². The molecule has 3 heteroatoms.